The summed E-state index contributed by atoms with van der Waals surface area (Å²) in [6.07, 6.45) is 0. The van der Waals surface area contributed by atoms with Crippen LogP contribution in [0.15, 0.2) is 47.4 Å². The first-order valence-corrected chi connectivity index (χ1v) is 11.2. The van der Waals surface area contributed by atoms with Crippen molar-refractivity contribution in [2.45, 2.75) is 18.7 Å². The van der Waals surface area contributed by atoms with Crippen LogP contribution < -0.4 is 13.8 Å². The van der Waals surface area contributed by atoms with Crippen LogP contribution in [0, 0.1) is 0 Å². The van der Waals surface area contributed by atoms with Gasteiger partial charge in [0.1, 0.15) is 13.2 Å². The molecule has 9 heteroatoms. The fourth-order valence-electron chi connectivity index (χ4n) is 3.08. The third-order valence-electron chi connectivity index (χ3n) is 4.73. The van der Waals surface area contributed by atoms with Crippen LogP contribution in [0.4, 0.5) is 5.69 Å². The number of hydrogen-bond donors (Lipinski definition) is 0. The maximum absolute atomic E-state index is 13.4. The Bertz CT molecular complexity index is 903. The molecule has 2 aromatic rings. The zero-order valence-corrected chi connectivity index (χ0v) is 18.9. The molecule has 6 nitrogen and oxygen atoms in total. The molecule has 0 amide bonds. The van der Waals surface area contributed by atoms with Crippen LogP contribution >= 0.6 is 24.0 Å². The monoisotopic (exact) mass is 460 g/mol. The number of ether oxygens (including phenoxy) is 2. The van der Waals surface area contributed by atoms with E-state index in [1.807, 2.05) is 0 Å². The summed E-state index contributed by atoms with van der Waals surface area (Å²) in [5.41, 5.74) is 0.548. The highest BCUT2D eigenvalue weighted by Gasteiger charge is 2.26. The van der Waals surface area contributed by atoms with Crippen LogP contribution in [0.3, 0.4) is 0 Å². The Morgan fingerprint density at radius 2 is 1.55 bits per heavy atom. The summed E-state index contributed by atoms with van der Waals surface area (Å²) in [6, 6.07) is 11.5. The van der Waals surface area contributed by atoms with Crippen molar-refractivity contribution in [1.82, 2.24) is 4.90 Å². The lowest BCUT2D eigenvalue weighted by atomic mass is 10.2. The van der Waals surface area contributed by atoms with E-state index in [-0.39, 0.29) is 17.3 Å². The molecule has 0 N–H and O–H groups in total. The van der Waals surface area contributed by atoms with Gasteiger partial charge in [-0.3, -0.25) is 4.31 Å². The highest BCUT2D eigenvalue weighted by Crippen LogP contribution is 2.35. The molecule has 1 aliphatic heterocycles. The molecule has 0 saturated heterocycles. The molecule has 0 spiro atoms. The van der Waals surface area contributed by atoms with Crippen molar-refractivity contribution in [2.75, 3.05) is 43.7 Å². The third kappa shape index (κ3) is 5.48. The molecule has 3 rings (SSSR count). The molecular weight excluding hydrogens is 435 g/mol. The van der Waals surface area contributed by atoms with Gasteiger partial charge in [-0.2, -0.15) is 0 Å². The second kappa shape index (κ2) is 10.4. The van der Waals surface area contributed by atoms with E-state index in [1.54, 1.807) is 30.3 Å². The van der Waals surface area contributed by atoms with Crippen molar-refractivity contribution in [3.05, 3.63) is 47.5 Å². The average Bonchev–Trinajstić information content (AvgIpc) is 2.71. The Morgan fingerprint density at radius 3 is 2.17 bits per heavy atom. The van der Waals surface area contributed by atoms with Gasteiger partial charge in [0.2, 0.25) is 0 Å². The van der Waals surface area contributed by atoms with E-state index in [1.165, 1.54) is 16.4 Å². The van der Waals surface area contributed by atoms with Crippen LogP contribution in [-0.4, -0.2) is 52.7 Å². The first-order chi connectivity index (χ1) is 13.5. The number of nitrogens with zero attached hydrogens (tertiary/aromatic N) is 2. The van der Waals surface area contributed by atoms with Crippen LogP contribution in [0.5, 0.6) is 11.5 Å². The van der Waals surface area contributed by atoms with Gasteiger partial charge in [-0.1, -0.05) is 25.4 Å². The van der Waals surface area contributed by atoms with Crippen molar-refractivity contribution in [3.8, 4) is 11.5 Å². The SMILES string of the molecule is CCN(CC)CCN(c1ccc2c(c1)OCCO2)S(=O)(=O)c1ccc(Cl)cc1.Cl. The second-order valence-corrected chi connectivity index (χ2v) is 8.68. The zero-order chi connectivity index (χ0) is 20.1. The Balaban J connectivity index is 0.00000300. The predicted octanol–water partition coefficient (Wildman–Crippen LogP) is 4.07. The summed E-state index contributed by atoms with van der Waals surface area (Å²) in [5.74, 6) is 1.19. The normalized spacial score (nSPS) is 13.1. The van der Waals surface area contributed by atoms with Gasteiger partial charge in [0, 0.05) is 24.2 Å². The third-order valence-corrected chi connectivity index (χ3v) is 6.82. The fourth-order valence-corrected chi connectivity index (χ4v) is 4.65. The van der Waals surface area contributed by atoms with Crippen LogP contribution in [0.1, 0.15) is 13.8 Å². The predicted molar refractivity (Wildman–Crippen MR) is 118 cm³/mol. The molecule has 0 fully saturated rings. The second-order valence-electron chi connectivity index (χ2n) is 6.39. The minimum absolute atomic E-state index is 0. The number of anilines is 1. The minimum Gasteiger partial charge on any atom is -0.486 e. The molecule has 1 heterocycles. The molecule has 0 aromatic heterocycles. The lowest BCUT2D eigenvalue weighted by Gasteiger charge is -2.29. The van der Waals surface area contributed by atoms with Gasteiger partial charge in [-0.05, 0) is 49.5 Å². The first kappa shape index (κ1) is 23.6. The highest BCUT2D eigenvalue weighted by molar-refractivity contribution is 7.92. The number of likely N-dealkylation sites (N-methyl/N-ethyl adjacent to an activating group) is 1. The maximum Gasteiger partial charge on any atom is 0.264 e. The quantitative estimate of drug-likeness (QED) is 0.593. The first-order valence-electron chi connectivity index (χ1n) is 9.36. The van der Waals surface area contributed by atoms with Crippen LogP contribution in [0.25, 0.3) is 0 Å². The fraction of sp³-hybridized carbons (Fsp3) is 0.400. The van der Waals surface area contributed by atoms with Crippen LogP contribution in [-0.2, 0) is 10.0 Å². The Morgan fingerprint density at radius 1 is 0.931 bits per heavy atom. The molecule has 0 unspecified atom stereocenters. The summed E-state index contributed by atoms with van der Waals surface area (Å²) in [5, 5.41) is 0.493. The zero-order valence-electron chi connectivity index (χ0n) is 16.5. The van der Waals surface area contributed by atoms with E-state index in [9.17, 15) is 8.42 Å². The summed E-state index contributed by atoms with van der Waals surface area (Å²) < 4.78 is 39.4. The summed E-state index contributed by atoms with van der Waals surface area (Å²) >= 11 is 5.93. The number of hydrogen-bond acceptors (Lipinski definition) is 5. The summed E-state index contributed by atoms with van der Waals surface area (Å²) in [7, 11) is -3.76. The average molecular weight is 461 g/mol. The molecule has 0 saturated carbocycles. The topological polar surface area (TPSA) is 59.1 Å². The van der Waals surface area contributed by atoms with Crippen LogP contribution in [0.2, 0.25) is 5.02 Å². The van der Waals surface area contributed by atoms with Gasteiger partial charge in [0.25, 0.3) is 10.0 Å². The molecule has 0 atom stereocenters. The van der Waals surface area contributed by atoms with Gasteiger partial charge in [0.15, 0.2) is 11.5 Å². The summed E-state index contributed by atoms with van der Waals surface area (Å²) in [4.78, 5) is 2.38. The van der Waals surface area contributed by atoms with Gasteiger partial charge in [-0.15, -0.1) is 12.4 Å². The van der Waals surface area contributed by atoms with Gasteiger partial charge in [0.05, 0.1) is 10.6 Å². The van der Waals surface area contributed by atoms with Gasteiger partial charge >= 0.3 is 0 Å². The lowest BCUT2D eigenvalue weighted by Crippen LogP contribution is -2.39. The lowest BCUT2D eigenvalue weighted by molar-refractivity contribution is 0.171. The number of sulfonamides is 1. The molecule has 2 aromatic carbocycles. The molecule has 1 aliphatic rings. The number of benzene rings is 2. The number of fused-ring (bicyclic) bond motifs is 1. The van der Waals surface area contributed by atoms with E-state index in [2.05, 4.69) is 18.7 Å². The minimum atomic E-state index is -3.76. The molecule has 29 heavy (non-hydrogen) atoms. The molecule has 0 aliphatic carbocycles. The number of halogens is 2. The van der Waals surface area contributed by atoms with Crippen molar-refractivity contribution in [1.29, 1.82) is 0 Å². The Hall–Kier alpha value is -1.67. The largest absolute Gasteiger partial charge is 0.486 e. The molecule has 160 valence electrons. The van der Waals surface area contributed by atoms with Crippen molar-refractivity contribution in [3.63, 3.8) is 0 Å². The van der Waals surface area contributed by atoms with E-state index in [0.717, 1.165) is 13.1 Å². The van der Waals surface area contributed by atoms with E-state index in [0.29, 0.717) is 48.5 Å². The van der Waals surface area contributed by atoms with E-state index >= 15 is 0 Å². The Kier molecular flexibility index (Phi) is 8.46. The standard InChI is InChI=1S/C20H25ClN2O4S.ClH/c1-3-22(4-2)11-12-23(28(24,25)18-8-5-16(21)6-9-18)17-7-10-19-20(15-17)27-14-13-26-19;/h5-10,15H,3-4,11-14H2,1-2H3;1H. The smallest absolute Gasteiger partial charge is 0.264 e. The summed E-state index contributed by atoms with van der Waals surface area (Å²) in [6.45, 7) is 7.71. The van der Waals surface area contributed by atoms with Gasteiger partial charge in [-0.25, -0.2) is 8.42 Å². The van der Waals surface area contributed by atoms with Crippen molar-refractivity contribution >= 4 is 39.7 Å². The highest BCUT2D eigenvalue weighted by atomic mass is 35.5. The Labute approximate surface area is 183 Å². The van der Waals surface area contributed by atoms with E-state index < -0.39 is 10.0 Å². The maximum atomic E-state index is 13.4. The van der Waals surface area contributed by atoms with Gasteiger partial charge < -0.3 is 14.4 Å². The van der Waals surface area contributed by atoms with Crippen molar-refractivity contribution in [2.24, 2.45) is 0 Å². The molecule has 0 radical (unpaired) electrons. The van der Waals surface area contributed by atoms with Crippen molar-refractivity contribution < 1.29 is 17.9 Å². The molecular formula is C20H26Cl2N2O4S. The van der Waals surface area contributed by atoms with E-state index in [4.69, 9.17) is 21.1 Å². The number of rotatable bonds is 8. The molecule has 0 bridgehead atoms.